The van der Waals surface area contributed by atoms with Crippen molar-refractivity contribution in [3.63, 3.8) is 0 Å². The summed E-state index contributed by atoms with van der Waals surface area (Å²) >= 11 is 1.69. The Balaban J connectivity index is 1.97. The molecule has 1 aliphatic rings. The standard InChI is InChI=1S/C16H22N2S/c1-4-18(2)12-13-5-7-14(8-6-13)15-9-10-16(19-3)17-11-15/h5-7,9-11,14H,4,8,12H2,1-3H3. The van der Waals surface area contributed by atoms with Crippen molar-refractivity contribution >= 4 is 11.8 Å². The van der Waals surface area contributed by atoms with Crippen molar-refractivity contribution in [1.29, 1.82) is 0 Å². The van der Waals surface area contributed by atoms with Gasteiger partial charge in [-0.25, -0.2) is 4.98 Å². The molecule has 0 aromatic carbocycles. The Morgan fingerprint density at radius 2 is 2.26 bits per heavy atom. The first-order valence-corrected chi connectivity index (χ1v) is 8.01. The number of nitrogens with zero attached hydrogens (tertiary/aromatic N) is 2. The Kier molecular flexibility index (Phi) is 5.23. The quantitative estimate of drug-likeness (QED) is 0.761. The summed E-state index contributed by atoms with van der Waals surface area (Å²) in [6.45, 7) is 4.33. The highest BCUT2D eigenvalue weighted by atomic mass is 32.2. The van der Waals surface area contributed by atoms with Crippen molar-refractivity contribution < 1.29 is 0 Å². The monoisotopic (exact) mass is 274 g/mol. The Labute approximate surface area is 120 Å². The molecule has 1 atom stereocenters. The van der Waals surface area contributed by atoms with E-state index in [1.165, 1.54) is 11.1 Å². The molecular weight excluding hydrogens is 252 g/mol. The zero-order valence-corrected chi connectivity index (χ0v) is 12.8. The molecule has 3 heteroatoms. The predicted molar refractivity (Wildman–Crippen MR) is 83.8 cm³/mol. The molecule has 0 saturated heterocycles. The Morgan fingerprint density at radius 1 is 1.42 bits per heavy atom. The average Bonchev–Trinajstić information content (AvgIpc) is 2.48. The summed E-state index contributed by atoms with van der Waals surface area (Å²) < 4.78 is 0. The molecule has 1 unspecified atom stereocenters. The summed E-state index contributed by atoms with van der Waals surface area (Å²) in [6.07, 6.45) is 12.1. The number of likely N-dealkylation sites (N-methyl/N-ethyl adjacent to an activating group) is 1. The van der Waals surface area contributed by atoms with Crippen molar-refractivity contribution in [2.24, 2.45) is 0 Å². The molecular formula is C16H22N2S. The lowest BCUT2D eigenvalue weighted by atomic mass is 9.91. The summed E-state index contributed by atoms with van der Waals surface area (Å²) in [4.78, 5) is 6.78. The van der Waals surface area contributed by atoms with Crippen LogP contribution in [-0.4, -0.2) is 36.3 Å². The molecule has 2 nitrogen and oxygen atoms in total. The zero-order chi connectivity index (χ0) is 13.7. The predicted octanol–water partition coefficient (Wildman–Crippen LogP) is 3.73. The zero-order valence-electron chi connectivity index (χ0n) is 12.0. The molecule has 0 saturated carbocycles. The molecule has 0 spiro atoms. The van der Waals surface area contributed by atoms with E-state index < -0.39 is 0 Å². The van der Waals surface area contributed by atoms with Crippen LogP contribution in [0.1, 0.15) is 24.8 Å². The fourth-order valence-electron chi connectivity index (χ4n) is 2.18. The maximum atomic E-state index is 4.45. The molecule has 1 aromatic heterocycles. The van der Waals surface area contributed by atoms with E-state index in [4.69, 9.17) is 0 Å². The molecule has 0 N–H and O–H groups in total. The van der Waals surface area contributed by atoms with Gasteiger partial charge in [0, 0.05) is 18.7 Å². The highest BCUT2D eigenvalue weighted by molar-refractivity contribution is 7.98. The van der Waals surface area contributed by atoms with E-state index in [9.17, 15) is 0 Å². The molecule has 1 aromatic rings. The summed E-state index contributed by atoms with van der Waals surface area (Å²) in [7, 11) is 2.16. The van der Waals surface area contributed by atoms with E-state index >= 15 is 0 Å². The molecule has 0 aliphatic heterocycles. The van der Waals surface area contributed by atoms with Gasteiger partial charge in [0.25, 0.3) is 0 Å². The fourth-order valence-corrected chi connectivity index (χ4v) is 2.55. The molecule has 0 radical (unpaired) electrons. The van der Waals surface area contributed by atoms with E-state index in [2.05, 4.69) is 60.5 Å². The third-order valence-corrected chi connectivity index (χ3v) is 4.23. The van der Waals surface area contributed by atoms with Gasteiger partial charge in [-0.15, -0.1) is 11.8 Å². The molecule has 1 heterocycles. The Morgan fingerprint density at radius 3 is 2.79 bits per heavy atom. The van der Waals surface area contributed by atoms with Crippen molar-refractivity contribution in [2.45, 2.75) is 24.3 Å². The van der Waals surface area contributed by atoms with Crippen LogP contribution in [-0.2, 0) is 0 Å². The van der Waals surface area contributed by atoms with Gasteiger partial charge in [0.05, 0.1) is 5.03 Å². The van der Waals surface area contributed by atoms with Crippen LogP contribution < -0.4 is 0 Å². The molecule has 19 heavy (non-hydrogen) atoms. The third-order valence-electron chi connectivity index (χ3n) is 3.57. The molecule has 102 valence electrons. The minimum absolute atomic E-state index is 0.485. The van der Waals surface area contributed by atoms with E-state index in [1.54, 1.807) is 11.8 Å². The van der Waals surface area contributed by atoms with Gasteiger partial charge in [0.2, 0.25) is 0 Å². The fraction of sp³-hybridized carbons (Fsp3) is 0.438. The lowest BCUT2D eigenvalue weighted by Crippen LogP contribution is -2.20. The molecule has 0 fully saturated rings. The van der Waals surface area contributed by atoms with Crippen molar-refractivity contribution in [2.75, 3.05) is 26.4 Å². The van der Waals surface area contributed by atoms with E-state index in [-0.39, 0.29) is 0 Å². The van der Waals surface area contributed by atoms with Crippen LogP contribution in [0, 0.1) is 0 Å². The molecule has 2 rings (SSSR count). The molecule has 0 bridgehead atoms. The highest BCUT2D eigenvalue weighted by Crippen LogP contribution is 2.27. The van der Waals surface area contributed by atoms with Crippen LogP contribution >= 0.6 is 11.8 Å². The van der Waals surface area contributed by atoms with Crippen molar-refractivity contribution in [3.05, 3.63) is 47.7 Å². The van der Waals surface area contributed by atoms with Crippen LogP contribution in [0.25, 0.3) is 0 Å². The van der Waals surface area contributed by atoms with Crippen LogP contribution in [0.2, 0.25) is 0 Å². The van der Waals surface area contributed by atoms with E-state index in [0.29, 0.717) is 5.92 Å². The van der Waals surface area contributed by atoms with Gasteiger partial charge in [-0.1, -0.05) is 31.2 Å². The smallest absolute Gasteiger partial charge is 0.0957 e. The third kappa shape index (κ3) is 3.95. The van der Waals surface area contributed by atoms with Gasteiger partial charge in [0.1, 0.15) is 0 Å². The van der Waals surface area contributed by atoms with Gasteiger partial charge in [0.15, 0.2) is 0 Å². The lowest BCUT2D eigenvalue weighted by Gasteiger charge is -2.20. The topological polar surface area (TPSA) is 16.1 Å². The summed E-state index contributed by atoms with van der Waals surface area (Å²) in [6, 6.07) is 4.31. The Bertz CT molecular complexity index is 462. The number of hydrogen-bond donors (Lipinski definition) is 0. The largest absolute Gasteiger partial charge is 0.302 e. The summed E-state index contributed by atoms with van der Waals surface area (Å²) in [5.74, 6) is 0.485. The maximum Gasteiger partial charge on any atom is 0.0957 e. The van der Waals surface area contributed by atoms with Crippen LogP contribution in [0.15, 0.2) is 47.2 Å². The number of rotatable bonds is 5. The molecule has 1 aliphatic carbocycles. The number of thioether (sulfide) groups is 1. The van der Waals surface area contributed by atoms with Crippen LogP contribution in [0.4, 0.5) is 0 Å². The normalized spacial score (nSPS) is 18.7. The minimum atomic E-state index is 0.485. The van der Waals surface area contributed by atoms with Gasteiger partial charge >= 0.3 is 0 Å². The maximum absolute atomic E-state index is 4.45. The highest BCUT2D eigenvalue weighted by Gasteiger charge is 2.12. The number of allylic oxidation sites excluding steroid dienone is 2. The first-order chi connectivity index (χ1) is 9.22. The van der Waals surface area contributed by atoms with E-state index in [1.807, 2.05) is 6.20 Å². The van der Waals surface area contributed by atoms with Gasteiger partial charge in [-0.05, 0) is 43.5 Å². The van der Waals surface area contributed by atoms with Crippen molar-refractivity contribution in [1.82, 2.24) is 9.88 Å². The number of aromatic nitrogens is 1. The molecule has 0 amide bonds. The Hall–Kier alpha value is -1.06. The van der Waals surface area contributed by atoms with Gasteiger partial charge < -0.3 is 4.90 Å². The average molecular weight is 274 g/mol. The van der Waals surface area contributed by atoms with E-state index in [0.717, 1.165) is 24.5 Å². The lowest BCUT2D eigenvalue weighted by molar-refractivity contribution is 0.385. The summed E-state index contributed by atoms with van der Waals surface area (Å²) in [5.41, 5.74) is 2.74. The number of hydrogen-bond acceptors (Lipinski definition) is 3. The van der Waals surface area contributed by atoms with Crippen LogP contribution in [0.5, 0.6) is 0 Å². The van der Waals surface area contributed by atoms with Gasteiger partial charge in [-0.2, -0.15) is 0 Å². The van der Waals surface area contributed by atoms with Crippen molar-refractivity contribution in [3.8, 4) is 0 Å². The second kappa shape index (κ2) is 6.92. The summed E-state index contributed by atoms with van der Waals surface area (Å²) in [5, 5.41) is 1.09. The minimum Gasteiger partial charge on any atom is -0.302 e. The first kappa shape index (κ1) is 14.4. The van der Waals surface area contributed by atoms with Crippen LogP contribution in [0.3, 0.4) is 0 Å². The van der Waals surface area contributed by atoms with Gasteiger partial charge in [-0.3, -0.25) is 0 Å². The second-order valence-corrected chi connectivity index (χ2v) is 5.77. The SMILES string of the molecule is CCN(C)CC1=CCC(c2ccc(SC)nc2)C=C1. The first-order valence-electron chi connectivity index (χ1n) is 6.78. The second-order valence-electron chi connectivity index (χ2n) is 4.94. The number of pyridine rings is 1.